The Labute approximate surface area is 219 Å². The Morgan fingerprint density at radius 2 is 1.78 bits per heavy atom. The van der Waals surface area contributed by atoms with Crippen LogP contribution in [-0.2, 0) is 9.59 Å². The summed E-state index contributed by atoms with van der Waals surface area (Å²) >= 11 is 0. The molecule has 1 aromatic heterocycles. The molecule has 37 heavy (non-hydrogen) atoms. The SMILES string of the molecule is CN[C@@H](C)C(=O)N[C@H](C(=O)N1CCC[C@H]1c1cc(N(C)c2ccc(F)cc2)nc(C)n1)C1CCCCC1. The largest absolute Gasteiger partial charge is 0.343 e. The van der Waals surface area contributed by atoms with E-state index < -0.39 is 6.04 Å². The molecule has 0 radical (unpaired) electrons. The Hall–Kier alpha value is -3.07. The van der Waals surface area contributed by atoms with Crippen LogP contribution in [0.3, 0.4) is 0 Å². The summed E-state index contributed by atoms with van der Waals surface area (Å²) in [5.41, 5.74) is 1.60. The van der Waals surface area contributed by atoms with Crippen LogP contribution in [0.15, 0.2) is 30.3 Å². The lowest BCUT2D eigenvalue weighted by molar-refractivity contribution is -0.139. The molecule has 2 N–H and O–H groups in total. The van der Waals surface area contributed by atoms with Crippen LogP contribution in [0.2, 0.25) is 0 Å². The van der Waals surface area contributed by atoms with Crippen LogP contribution in [0.4, 0.5) is 15.9 Å². The van der Waals surface area contributed by atoms with Gasteiger partial charge in [0.1, 0.15) is 23.5 Å². The second kappa shape index (κ2) is 12.0. The van der Waals surface area contributed by atoms with E-state index in [-0.39, 0.29) is 35.6 Å². The van der Waals surface area contributed by atoms with Crippen molar-refractivity contribution in [1.82, 2.24) is 25.5 Å². The number of hydrogen-bond donors (Lipinski definition) is 2. The van der Waals surface area contributed by atoms with Gasteiger partial charge in [0, 0.05) is 25.3 Å². The number of hydrogen-bond acceptors (Lipinski definition) is 6. The van der Waals surface area contributed by atoms with Crippen LogP contribution in [0.5, 0.6) is 0 Å². The number of benzene rings is 1. The van der Waals surface area contributed by atoms with Crippen LogP contribution in [-0.4, -0.2) is 59.4 Å². The van der Waals surface area contributed by atoms with Crippen LogP contribution >= 0.6 is 0 Å². The number of rotatable bonds is 8. The molecule has 0 spiro atoms. The number of aromatic nitrogens is 2. The van der Waals surface area contributed by atoms with Crippen LogP contribution in [0, 0.1) is 18.7 Å². The molecule has 3 atom stereocenters. The van der Waals surface area contributed by atoms with E-state index in [1.54, 1.807) is 26.1 Å². The second-order valence-electron chi connectivity index (χ2n) is 10.3. The summed E-state index contributed by atoms with van der Waals surface area (Å²) < 4.78 is 13.4. The lowest BCUT2D eigenvalue weighted by Gasteiger charge is -2.35. The van der Waals surface area contributed by atoms with Gasteiger partial charge in [0.2, 0.25) is 11.8 Å². The standard InChI is InChI=1S/C28H39FN6O2/c1-18(30-3)27(36)33-26(20-9-6-5-7-10-20)28(37)35-16-8-11-24(35)23-17-25(32-19(2)31-23)34(4)22-14-12-21(29)13-15-22/h12-15,17-18,20,24,26,30H,5-11,16H2,1-4H3,(H,33,36)/t18-,24-,26-/m0/s1. The van der Waals surface area contributed by atoms with Crippen LogP contribution in [0.1, 0.15) is 69.4 Å². The fourth-order valence-electron chi connectivity index (χ4n) is 5.49. The molecule has 1 saturated carbocycles. The van der Waals surface area contributed by atoms with Crippen LogP contribution < -0.4 is 15.5 Å². The van der Waals surface area contributed by atoms with Gasteiger partial charge in [0.25, 0.3) is 0 Å². The molecule has 2 aromatic rings. The highest BCUT2D eigenvalue weighted by Crippen LogP contribution is 2.36. The summed E-state index contributed by atoms with van der Waals surface area (Å²) in [6.45, 7) is 4.28. The molecule has 2 fully saturated rings. The van der Waals surface area contributed by atoms with E-state index in [4.69, 9.17) is 4.98 Å². The highest BCUT2D eigenvalue weighted by Gasteiger charge is 2.39. The van der Waals surface area contributed by atoms with Gasteiger partial charge in [-0.05, 0) is 76.8 Å². The summed E-state index contributed by atoms with van der Waals surface area (Å²) in [6, 6.07) is 7.10. The fraction of sp³-hybridized carbons (Fsp3) is 0.571. The molecular formula is C28H39FN6O2. The van der Waals surface area contributed by atoms with Gasteiger partial charge in [0.15, 0.2) is 0 Å². The predicted octanol–water partition coefficient (Wildman–Crippen LogP) is 4.03. The third-order valence-electron chi connectivity index (χ3n) is 7.79. The Bertz CT molecular complexity index is 1090. The highest BCUT2D eigenvalue weighted by atomic mass is 19.1. The molecule has 0 bridgehead atoms. The van der Waals surface area contributed by atoms with Crippen molar-refractivity contribution in [1.29, 1.82) is 0 Å². The number of likely N-dealkylation sites (N-methyl/N-ethyl adjacent to an activating group) is 1. The highest BCUT2D eigenvalue weighted by molar-refractivity contribution is 5.90. The number of halogens is 1. The van der Waals surface area contributed by atoms with E-state index in [2.05, 4.69) is 15.6 Å². The first-order valence-corrected chi connectivity index (χ1v) is 13.4. The van der Waals surface area contributed by atoms with Crippen molar-refractivity contribution in [2.45, 2.75) is 76.9 Å². The van der Waals surface area contributed by atoms with Gasteiger partial charge in [-0.25, -0.2) is 14.4 Å². The molecule has 8 nitrogen and oxygen atoms in total. The van der Waals surface area contributed by atoms with E-state index in [0.717, 1.165) is 49.9 Å². The normalized spacial score (nSPS) is 19.9. The van der Waals surface area contributed by atoms with Crippen molar-refractivity contribution in [3.05, 3.63) is 47.7 Å². The van der Waals surface area contributed by atoms with Crippen molar-refractivity contribution in [3.8, 4) is 0 Å². The number of nitrogens with one attached hydrogen (secondary N) is 2. The number of amides is 2. The van der Waals surface area contributed by atoms with Gasteiger partial charge < -0.3 is 20.4 Å². The Balaban J connectivity index is 1.60. The fourth-order valence-corrected chi connectivity index (χ4v) is 5.49. The zero-order valence-corrected chi connectivity index (χ0v) is 22.3. The van der Waals surface area contributed by atoms with Crippen molar-refractivity contribution < 1.29 is 14.0 Å². The number of aryl methyl sites for hydroxylation is 1. The predicted molar refractivity (Wildman–Crippen MR) is 142 cm³/mol. The second-order valence-corrected chi connectivity index (χ2v) is 10.3. The van der Waals surface area contributed by atoms with Gasteiger partial charge in [-0.1, -0.05) is 19.3 Å². The van der Waals surface area contributed by atoms with Gasteiger partial charge in [-0.15, -0.1) is 0 Å². The average Bonchev–Trinajstić information content (AvgIpc) is 3.41. The minimum absolute atomic E-state index is 0.0178. The molecule has 1 saturated heterocycles. The van der Waals surface area contributed by atoms with Gasteiger partial charge in [0.05, 0.1) is 17.8 Å². The molecule has 2 amide bonds. The summed E-state index contributed by atoms with van der Waals surface area (Å²) in [7, 11) is 3.63. The number of likely N-dealkylation sites (tertiary alicyclic amines) is 1. The maximum absolute atomic E-state index is 14.0. The van der Waals surface area contributed by atoms with Crippen molar-refractivity contribution in [2.24, 2.45) is 5.92 Å². The molecule has 2 aliphatic rings. The Kier molecular flexibility index (Phi) is 8.74. The Morgan fingerprint density at radius 3 is 2.46 bits per heavy atom. The van der Waals surface area contributed by atoms with E-state index in [1.807, 2.05) is 29.8 Å². The first kappa shape index (κ1) is 27.0. The molecule has 200 valence electrons. The van der Waals surface area contributed by atoms with Crippen LogP contribution in [0.25, 0.3) is 0 Å². The molecule has 2 heterocycles. The number of nitrogens with zero attached hydrogens (tertiary/aromatic N) is 4. The lowest BCUT2D eigenvalue weighted by atomic mass is 9.83. The zero-order chi connectivity index (χ0) is 26.5. The third kappa shape index (κ3) is 6.26. The van der Waals surface area contributed by atoms with Crippen molar-refractivity contribution in [2.75, 3.05) is 25.5 Å². The molecule has 9 heteroatoms. The summed E-state index contributed by atoms with van der Waals surface area (Å²) in [5.74, 6) is 0.983. The smallest absolute Gasteiger partial charge is 0.246 e. The molecule has 1 aliphatic heterocycles. The first-order chi connectivity index (χ1) is 17.8. The molecule has 1 aromatic carbocycles. The number of anilines is 2. The van der Waals surface area contributed by atoms with E-state index in [1.165, 1.54) is 18.6 Å². The topological polar surface area (TPSA) is 90.5 Å². The lowest BCUT2D eigenvalue weighted by Crippen LogP contribution is -2.55. The van der Waals surface area contributed by atoms with Crippen molar-refractivity contribution in [3.63, 3.8) is 0 Å². The van der Waals surface area contributed by atoms with E-state index in [0.29, 0.717) is 18.2 Å². The number of carbonyl (C=O) groups excluding carboxylic acids is 2. The first-order valence-electron chi connectivity index (χ1n) is 13.4. The van der Waals surface area contributed by atoms with E-state index in [9.17, 15) is 14.0 Å². The molecule has 4 rings (SSSR count). The minimum atomic E-state index is -0.534. The van der Waals surface area contributed by atoms with E-state index >= 15 is 0 Å². The Morgan fingerprint density at radius 1 is 1.08 bits per heavy atom. The third-order valence-corrected chi connectivity index (χ3v) is 7.79. The maximum atomic E-state index is 14.0. The number of carbonyl (C=O) groups is 2. The van der Waals surface area contributed by atoms with Gasteiger partial charge in [-0.2, -0.15) is 0 Å². The minimum Gasteiger partial charge on any atom is -0.343 e. The summed E-state index contributed by atoms with van der Waals surface area (Å²) in [6.07, 6.45) is 6.92. The zero-order valence-electron chi connectivity index (χ0n) is 22.3. The summed E-state index contributed by atoms with van der Waals surface area (Å²) in [4.78, 5) is 40.0. The van der Waals surface area contributed by atoms with Gasteiger partial charge >= 0.3 is 0 Å². The quantitative estimate of drug-likeness (QED) is 0.557. The van der Waals surface area contributed by atoms with Crippen molar-refractivity contribution >= 4 is 23.3 Å². The molecular weight excluding hydrogens is 471 g/mol. The monoisotopic (exact) mass is 510 g/mol. The average molecular weight is 511 g/mol. The maximum Gasteiger partial charge on any atom is 0.246 e. The van der Waals surface area contributed by atoms with Gasteiger partial charge in [-0.3, -0.25) is 9.59 Å². The molecule has 0 unspecified atom stereocenters. The molecule has 1 aliphatic carbocycles. The summed E-state index contributed by atoms with van der Waals surface area (Å²) in [5, 5.41) is 6.07.